The maximum Gasteiger partial charge on any atom is 0.185 e. The molecule has 1 aromatic carbocycles. The monoisotopic (exact) mass is 265 g/mol. The van der Waals surface area contributed by atoms with Crippen LogP contribution < -0.4 is 5.32 Å². The van der Waals surface area contributed by atoms with Gasteiger partial charge in [-0.05, 0) is 20.3 Å². The number of hydrogen-bond acceptors (Lipinski definition) is 2. The van der Waals surface area contributed by atoms with Crippen molar-refractivity contribution >= 4 is 5.69 Å². The summed E-state index contributed by atoms with van der Waals surface area (Å²) < 4.78 is 57.4. The Kier molecular flexibility index (Phi) is 4.56. The van der Waals surface area contributed by atoms with Crippen molar-refractivity contribution in [3.05, 3.63) is 29.3 Å². The molecule has 0 heterocycles. The summed E-state index contributed by atoms with van der Waals surface area (Å²) in [5, 5.41) is 2.34. The first kappa shape index (κ1) is 14.8. The minimum absolute atomic E-state index is 0.123. The van der Waals surface area contributed by atoms with Crippen molar-refractivity contribution in [1.29, 1.82) is 0 Å². The average molecular weight is 265 g/mol. The van der Waals surface area contributed by atoms with E-state index in [0.717, 1.165) is 0 Å². The normalized spacial score (nSPS) is 11.7. The van der Waals surface area contributed by atoms with Crippen LogP contribution in [0.5, 0.6) is 0 Å². The molecule has 0 bridgehead atoms. The molecular weight excluding hydrogens is 250 g/mol. The lowest BCUT2D eigenvalue weighted by atomic mass is 10.1. The minimum atomic E-state index is -1.43. The van der Waals surface area contributed by atoms with Gasteiger partial charge in [0.15, 0.2) is 23.3 Å². The quantitative estimate of drug-likeness (QED) is 0.650. The molecule has 1 rings (SSSR count). The molecule has 0 aliphatic carbocycles. The Hall–Kier alpha value is -1.30. The first-order valence-corrected chi connectivity index (χ1v) is 5.40. The number of nitrogens with one attached hydrogen (secondary N) is 1. The summed E-state index contributed by atoms with van der Waals surface area (Å²) in [6, 6.07) is 0.176. The highest BCUT2D eigenvalue weighted by Crippen LogP contribution is 2.24. The predicted octanol–water partition coefficient (Wildman–Crippen LogP) is 3.47. The molecular formula is C12H15F4NO. The molecule has 0 aromatic heterocycles. The zero-order valence-electron chi connectivity index (χ0n) is 10.4. The maximum atomic E-state index is 13.3. The highest BCUT2D eigenvalue weighted by Gasteiger charge is 2.20. The van der Waals surface area contributed by atoms with Gasteiger partial charge in [-0.1, -0.05) is 0 Å². The third kappa shape index (κ3) is 3.35. The Labute approximate surface area is 103 Å². The second kappa shape index (κ2) is 5.56. The molecule has 6 heteroatoms. The van der Waals surface area contributed by atoms with E-state index < -0.39 is 34.6 Å². The fraction of sp³-hybridized carbons (Fsp3) is 0.500. The summed E-state index contributed by atoms with van der Waals surface area (Å²) >= 11 is 0. The number of benzene rings is 1. The molecule has 0 saturated heterocycles. The molecule has 18 heavy (non-hydrogen) atoms. The topological polar surface area (TPSA) is 21.3 Å². The van der Waals surface area contributed by atoms with Gasteiger partial charge >= 0.3 is 0 Å². The van der Waals surface area contributed by atoms with Crippen LogP contribution in [0.3, 0.4) is 0 Å². The summed E-state index contributed by atoms with van der Waals surface area (Å²) in [6.07, 6.45) is 0.417. The average Bonchev–Trinajstić information content (AvgIpc) is 2.31. The van der Waals surface area contributed by atoms with Crippen LogP contribution in [-0.4, -0.2) is 19.3 Å². The Bertz CT molecular complexity index is 408. The molecule has 0 unspecified atom stereocenters. The molecule has 0 amide bonds. The molecule has 0 aliphatic heterocycles. The van der Waals surface area contributed by atoms with Gasteiger partial charge in [-0.3, -0.25) is 0 Å². The Morgan fingerprint density at radius 3 is 2.06 bits per heavy atom. The van der Waals surface area contributed by atoms with Crippen molar-refractivity contribution in [2.24, 2.45) is 0 Å². The van der Waals surface area contributed by atoms with Crippen molar-refractivity contribution in [2.75, 3.05) is 19.0 Å². The van der Waals surface area contributed by atoms with Gasteiger partial charge in [0.1, 0.15) is 5.69 Å². The van der Waals surface area contributed by atoms with Gasteiger partial charge in [-0.2, -0.15) is 0 Å². The van der Waals surface area contributed by atoms with Crippen LogP contribution >= 0.6 is 0 Å². The first-order valence-electron chi connectivity index (χ1n) is 5.40. The lowest BCUT2D eigenvalue weighted by Gasteiger charge is -2.23. The van der Waals surface area contributed by atoms with Crippen molar-refractivity contribution in [3.63, 3.8) is 0 Å². The zero-order chi connectivity index (χ0) is 13.9. The Morgan fingerprint density at radius 1 is 1.11 bits per heavy atom. The third-order valence-corrected chi connectivity index (χ3v) is 2.69. The van der Waals surface area contributed by atoms with E-state index in [4.69, 9.17) is 4.74 Å². The van der Waals surface area contributed by atoms with E-state index in [2.05, 4.69) is 5.32 Å². The fourth-order valence-corrected chi connectivity index (χ4v) is 1.32. The van der Waals surface area contributed by atoms with E-state index in [9.17, 15) is 17.6 Å². The van der Waals surface area contributed by atoms with Crippen molar-refractivity contribution in [3.8, 4) is 0 Å². The van der Waals surface area contributed by atoms with E-state index in [-0.39, 0.29) is 12.6 Å². The van der Waals surface area contributed by atoms with Gasteiger partial charge in [-0.15, -0.1) is 0 Å². The van der Waals surface area contributed by atoms with Gasteiger partial charge in [0.2, 0.25) is 0 Å². The number of halogens is 4. The van der Waals surface area contributed by atoms with E-state index >= 15 is 0 Å². The van der Waals surface area contributed by atoms with Crippen molar-refractivity contribution in [2.45, 2.75) is 25.9 Å². The summed E-state index contributed by atoms with van der Waals surface area (Å²) in [7, 11) is 1.50. The molecule has 102 valence electrons. The minimum Gasteiger partial charge on any atom is -0.380 e. The van der Waals surface area contributed by atoms with Gasteiger partial charge < -0.3 is 10.1 Å². The molecule has 0 radical (unpaired) electrons. The zero-order valence-corrected chi connectivity index (χ0v) is 10.4. The molecule has 0 spiro atoms. The van der Waals surface area contributed by atoms with Crippen LogP contribution in [0.4, 0.5) is 23.2 Å². The summed E-state index contributed by atoms with van der Waals surface area (Å²) in [4.78, 5) is 0. The van der Waals surface area contributed by atoms with Gasteiger partial charge in [0.25, 0.3) is 0 Å². The number of rotatable bonds is 5. The smallest absolute Gasteiger partial charge is 0.185 e. The molecule has 0 saturated carbocycles. The van der Waals surface area contributed by atoms with Crippen LogP contribution in [0.25, 0.3) is 0 Å². The number of anilines is 1. The van der Waals surface area contributed by atoms with E-state index in [0.29, 0.717) is 6.42 Å². The predicted molar refractivity (Wildman–Crippen MR) is 60.5 cm³/mol. The summed E-state index contributed by atoms with van der Waals surface area (Å²) in [5.41, 5.74) is -1.29. The second-order valence-electron chi connectivity index (χ2n) is 4.48. The molecule has 1 N–H and O–H groups in total. The second-order valence-corrected chi connectivity index (χ2v) is 4.48. The number of ether oxygens (including phenoxy) is 1. The van der Waals surface area contributed by atoms with Gasteiger partial charge in [0.05, 0.1) is 5.60 Å². The van der Waals surface area contributed by atoms with Crippen molar-refractivity contribution in [1.82, 2.24) is 0 Å². The SMILES string of the molecule is COC(C)(C)CCNc1c(F)c(F)cc(F)c1F. The summed E-state index contributed by atoms with van der Waals surface area (Å²) in [5.74, 6) is -5.71. The van der Waals surface area contributed by atoms with Crippen LogP contribution in [0.2, 0.25) is 0 Å². The van der Waals surface area contributed by atoms with Crippen LogP contribution in [0.1, 0.15) is 20.3 Å². The van der Waals surface area contributed by atoms with Crippen LogP contribution in [-0.2, 0) is 4.74 Å². The van der Waals surface area contributed by atoms with Gasteiger partial charge in [0, 0.05) is 19.7 Å². The Morgan fingerprint density at radius 2 is 1.61 bits per heavy atom. The van der Waals surface area contributed by atoms with Gasteiger partial charge in [-0.25, -0.2) is 17.6 Å². The molecule has 0 atom stereocenters. The molecule has 1 aromatic rings. The Balaban J connectivity index is 2.80. The molecule has 0 aliphatic rings. The van der Waals surface area contributed by atoms with Crippen LogP contribution in [0, 0.1) is 23.3 Å². The van der Waals surface area contributed by atoms with E-state index in [1.807, 2.05) is 0 Å². The lowest BCUT2D eigenvalue weighted by molar-refractivity contribution is 0.0184. The molecule has 0 fully saturated rings. The van der Waals surface area contributed by atoms with E-state index in [1.165, 1.54) is 7.11 Å². The fourth-order valence-electron chi connectivity index (χ4n) is 1.32. The summed E-state index contributed by atoms with van der Waals surface area (Å²) in [6.45, 7) is 3.69. The highest BCUT2D eigenvalue weighted by atomic mass is 19.2. The standard InChI is InChI=1S/C12H15F4NO/c1-12(2,18-3)4-5-17-11-9(15)7(13)6-8(14)10(11)16/h6,17H,4-5H2,1-3H3. The number of hydrogen-bond donors (Lipinski definition) is 1. The third-order valence-electron chi connectivity index (χ3n) is 2.69. The lowest BCUT2D eigenvalue weighted by Crippen LogP contribution is -2.26. The maximum absolute atomic E-state index is 13.3. The first-order chi connectivity index (χ1) is 8.28. The highest BCUT2D eigenvalue weighted by molar-refractivity contribution is 5.47. The van der Waals surface area contributed by atoms with Crippen molar-refractivity contribution < 1.29 is 22.3 Å². The molecule has 2 nitrogen and oxygen atoms in total. The number of methoxy groups -OCH3 is 1. The largest absolute Gasteiger partial charge is 0.380 e. The van der Waals surface area contributed by atoms with Crippen LogP contribution in [0.15, 0.2) is 6.07 Å². The van der Waals surface area contributed by atoms with E-state index in [1.54, 1.807) is 13.8 Å².